The number of benzene rings is 1. The zero-order valence-corrected chi connectivity index (χ0v) is 13.9. The highest BCUT2D eigenvalue weighted by Gasteiger charge is 2.17. The maximum absolute atomic E-state index is 11.0. The first kappa shape index (κ1) is 17.4. The quantitative estimate of drug-likeness (QED) is 0.296. The first-order valence-corrected chi connectivity index (χ1v) is 7.89. The highest BCUT2D eigenvalue weighted by atomic mass is 79.9. The first-order chi connectivity index (χ1) is 9.89. The van der Waals surface area contributed by atoms with Gasteiger partial charge < -0.3 is 4.74 Å². The molecular formula is C15H19BrN2O3. The number of hydrogen-bond acceptors (Lipinski definition) is 4. The maximum Gasteiger partial charge on any atom is 0.311 e. The smallest absolute Gasteiger partial charge is 0.311 e. The van der Waals surface area contributed by atoms with Crippen molar-refractivity contribution in [2.45, 2.75) is 38.4 Å². The minimum atomic E-state index is -0.430. The highest BCUT2D eigenvalue weighted by molar-refractivity contribution is 9.08. The third kappa shape index (κ3) is 5.72. The van der Waals surface area contributed by atoms with E-state index in [9.17, 15) is 10.1 Å². The average molecular weight is 355 g/mol. The summed E-state index contributed by atoms with van der Waals surface area (Å²) in [5.41, 5.74) is 0.498. The van der Waals surface area contributed by atoms with Crippen LogP contribution in [0.3, 0.4) is 0 Å². The summed E-state index contributed by atoms with van der Waals surface area (Å²) in [6.07, 6.45) is 2.41. The molecule has 0 aliphatic heterocycles. The normalized spacial score (nSPS) is 11.0. The lowest BCUT2D eigenvalue weighted by Gasteiger charge is -2.14. The summed E-state index contributed by atoms with van der Waals surface area (Å²) >= 11 is 3.27. The Morgan fingerprint density at radius 1 is 1.43 bits per heavy atom. The van der Waals surface area contributed by atoms with Crippen LogP contribution in [0.2, 0.25) is 0 Å². The number of unbranched alkanes of at least 4 members (excludes halogenated alkanes) is 1. The molecule has 0 amide bonds. The lowest BCUT2D eigenvalue weighted by molar-refractivity contribution is -0.385. The number of nitriles is 1. The molecule has 0 bridgehead atoms. The Kier molecular flexibility index (Phi) is 6.63. The molecule has 21 heavy (non-hydrogen) atoms. The molecular weight excluding hydrogens is 336 g/mol. The standard InChI is InChI=1S/C15H19BrN2O3/c1-15(2,11-17)7-3-4-8-21-14-6-5-12(10-16)9-13(14)18(19)20/h5-6,9H,3-4,7-8,10H2,1-2H3. The lowest BCUT2D eigenvalue weighted by Crippen LogP contribution is -2.08. The summed E-state index contributed by atoms with van der Waals surface area (Å²) in [4.78, 5) is 10.6. The van der Waals surface area contributed by atoms with Crippen molar-refractivity contribution in [3.63, 3.8) is 0 Å². The molecule has 0 aliphatic rings. The van der Waals surface area contributed by atoms with Gasteiger partial charge in [0.25, 0.3) is 0 Å². The van der Waals surface area contributed by atoms with E-state index in [-0.39, 0.29) is 11.1 Å². The van der Waals surface area contributed by atoms with Gasteiger partial charge in [-0.3, -0.25) is 10.1 Å². The van der Waals surface area contributed by atoms with Crippen molar-refractivity contribution < 1.29 is 9.66 Å². The third-order valence-corrected chi connectivity index (χ3v) is 3.78. The van der Waals surface area contributed by atoms with Crippen molar-refractivity contribution in [1.82, 2.24) is 0 Å². The Hall–Kier alpha value is -1.61. The van der Waals surface area contributed by atoms with Gasteiger partial charge >= 0.3 is 5.69 Å². The molecule has 0 N–H and O–H groups in total. The molecule has 1 aromatic carbocycles. The molecule has 1 rings (SSSR count). The van der Waals surface area contributed by atoms with Crippen LogP contribution in [0, 0.1) is 26.9 Å². The van der Waals surface area contributed by atoms with E-state index in [1.165, 1.54) is 6.07 Å². The molecule has 0 unspecified atom stereocenters. The predicted molar refractivity (Wildman–Crippen MR) is 84.5 cm³/mol. The van der Waals surface area contributed by atoms with Crippen molar-refractivity contribution in [2.24, 2.45) is 5.41 Å². The number of nitrogens with zero attached hydrogens (tertiary/aromatic N) is 2. The van der Waals surface area contributed by atoms with Gasteiger partial charge in [0.2, 0.25) is 0 Å². The van der Waals surface area contributed by atoms with Crippen LogP contribution in [0.5, 0.6) is 5.75 Å². The molecule has 0 aromatic heterocycles. The first-order valence-electron chi connectivity index (χ1n) is 6.77. The van der Waals surface area contributed by atoms with Crippen LogP contribution in [0.25, 0.3) is 0 Å². The van der Waals surface area contributed by atoms with Crippen LogP contribution in [0.15, 0.2) is 18.2 Å². The molecule has 0 aliphatic carbocycles. The Labute approximate surface area is 133 Å². The van der Waals surface area contributed by atoms with Crippen molar-refractivity contribution in [2.75, 3.05) is 6.61 Å². The van der Waals surface area contributed by atoms with Crippen molar-refractivity contribution in [3.8, 4) is 11.8 Å². The number of halogens is 1. The molecule has 1 aromatic rings. The van der Waals surface area contributed by atoms with Gasteiger partial charge in [0.15, 0.2) is 5.75 Å². The summed E-state index contributed by atoms with van der Waals surface area (Å²) in [5.74, 6) is 0.296. The molecule has 6 heteroatoms. The molecule has 0 radical (unpaired) electrons. The second-order valence-corrected chi connectivity index (χ2v) is 6.05. The van der Waals surface area contributed by atoms with Gasteiger partial charge in [-0.1, -0.05) is 22.0 Å². The number of alkyl halides is 1. The number of ether oxygens (including phenoxy) is 1. The fourth-order valence-corrected chi connectivity index (χ4v) is 2.17. The zero-order chi connectivity index (χ0) is 15.9. The van der Waals surface area contributed by atoms with Gasteiger partial charge in [0.1, 0.15) is 0 Å². The van der Waals surface area contributed by atoms with E-state index in [2.05, 4.69) is 22.0 Å². The largest absolute Gasteiger partial charge is 0.487 e. The fourth-order valence-electron chi connectivity index (χ4n) is 1.82. The molecule has 0 fully saturated rings. The zero-order valence-electron chi connectivity index (χ0n) is 12.3. The van der Waals surface area contributed by atoms with Crippen LogP contribution in [0.1, 0.15) is 38.7 Å². The number of rotatable bonds is 8. The van der Waals surface area contributed by atoms with Gasteiger partial charge in [-0.05, 0) is 44.7 Å². The Balaban J connectivity index is 2.53. The van der Waals surface area contributed by atoms with Gasteiger partial charge in [0.05, 0.1) is 23.0 Å². The Morgan fingerprint density at radius 2 is 2.14 bits per heavy atom. The van der Waals surface area contributed by atoms with Crippen LogP contribution in [-0.2, 0) is 5.33 Å². The van der Waals surface area contributed by atoms with Gasteiger partial charge in [-0.15, -0.1) is 0 Å². The van der Waals surface area contributed by atoms with Crippen molar-refractivity contribution in [3.05, 3.63) is 33.9 Å². The van der Waals surface area contributed by atoms with E-state index in [4.69, 9.17) is 10.00 Å². The van der Waals surface area contributed by atoms with Crippen LogP contribution >= 0.6 is 15.9 Å². The number of hydrogen-bond donors (Lipinski definition) is 0. The number of nitro groups is 1. The van der Waals surface area contributed by atoms with Crippen LogP contribution < -0.4 is 4.74 Å². The van der Waals surface area contributed by atoms with Crippen LogP contribution in [-0.4, -0.2) is 11.5 Å². The van der Waals surface area contributed by atoms with Crippen molar-refractivity contribution >= 4 is 21.6 Å². The van der Waals surface area contributed by atoms with Gasteiger partial charge in [-0.2, -0.15) is 5.26 Å². The monoisotopic (exact) mass is 354 g/mol. The average Bonchev–Trinajstić information content (AvgIpc) is 2.46. The van der Waals surface area contributed by atoms with E-state index >= 15 is 0 Å². The maximum atomic E-state index is 11.0. The summed E-state index contributed by atoms with van der Waals surface area (Å²) in [6.45, 7) is 4.21. The Morgan fingerprint density at radius 3 is 2.71 bits per heavy atom. The van der Waals surface area contributed by atoms with Gasteiger partial charge in [-0.25, -0.2) is 0 Å². The highest BCUT2D eigenvalue weighted by Crippen LogP contribution is 2.29. The molecule has 0 spiro atoms. The number of nitro benzene ring substituents is 1. The minimum Gasteiger partial charge on any atom is -0.487 e. The third-order valence-electron chi connectivity index (χ3n) is 3.13. The van der Waals surface area contributed by atoms with Gasteiger partial charge in [0, 0.05) is 11.4 Å². The van der Waals surface area contributed by atoms with Crippen LogP contribution in [0.4, 0.5) is 5.69 Å². The summed E-state index contributed by atoms with van der Waals surface area (Å²) in [7, 11) is 0. The Bertz CT molecular complexity index is 538. The second-order valence-electron chi connectivity index (χ2n) is 5.49. The predicted octanol–water partition coefficient (Wildman–Crippen LogP) is 4.59. The summed E-state index contributed by atoms with van der Waals surface area (Å²) in [5, 5.41) is 20.5. The summed E-state index contributed by atoms with van der Waals surface area (Å²) < 4.78 is 5.51. The molecule has 0 atom stereocenters. The second kappa shape index (κ2) is 7.99. The SMILES string of the molecule is CC(C)(C#N)CCCCOc1ccc(CBr)cc1[N+](=O)[O-]. The van der Waals surface area contributed by atoms with Crippen molar-refractivity contribution in [1.29, 1.82) is 5.26 Å². The topological polar surface area (TPSA) is 76.2 Å². The molecule has 0 saturated carbocycles. The lowest BCUT2D eigenvalue weighted by atomic mass is 9.89. The molecule has 0 heterocycles. The van der Waals surface area contributed by atoms with E-state index in [1.807, 2.05) is 13.8 Å². The summed E-state index contributed by atoms with van der Waals surface area (Å²) in [6, 6.07) is 7.20. The van der Waals surface area contributed by atoms with E-state index < -0.39 is 4.92 Å². The minimum absolute atomic E-state index is 0.00990. The molecule has 114 valence electrons. The molecule has 0 saturated heterocycles. The van der Waals surface area contributed by atoms with E-state index in [1.54, 1.807) is 12.1 Å². The van der Waals surface area contributed by atoms with E-state index in [0.717, 1.165) is 24.8 Å². The van der Waals surface area contributed by atoms with E-state index in [0.29, 0.717) is 17.7 Å². The fraction of sp³-hybridized carbons (Fsp3) is 0.533. The molecule has 5 nitrogen and oxygen atoms in total.